The fraction of sp³-hybridized carbons (Fsp3) is 0.700. The standard InChI is InChI=1S/C10H14F3/c1-2-3-4-5-6-7-8-9-10(11,12)13/h1,4-9H2. The normalized spacial score (nSPS) is 10.8. The van der Waals surface area contributed by atoms with Crippen molar-refractivity contribution in [1.82, 2.24) is 0 Å². The van der Waals surface area contributed by atoms with E-state index in [2.05, 4.69) is 18.8 Å². The summed E-state index contributed by atoms with van der Waals surface area (Å²) in [6, 6.07) is 0. The fourth-order valence-corrected chi connectivity index (χ4v) is 0.981. The summed E-state index contributed by atoms with van der Waals surface area (Å²) in [4.78, 5) is 0. The van der Waals surface area contributed by atoms with Gasteiger partial charge in [0.2, 0.25) is 0 Å². The summed E-state index contributed by atoms with van der Waals surface area (Å²) in [5.41, 5.74) is 0. The highest BCUT2D eigenvalue weighted by Gasteiger charge is 2.25. The van der Waals surface area contributed by atoms with Crippen LogP contribution >= 0.6 is 0 Å². The molecule has 75 valence electrons. The molecule has 0 atom stereocenters. The van der Waals surface area contributed by atoms with Crippen LogP contribution in [0.25, 0.3) is 0 Å². The molecule has 0 aliphatic rings. The topological polar surface area (TPSA) is 0 Å². The highest BCUT2D eigenvalue weighted by Crippen LogP contribution is 2.22. The van der Waals surface area contributed by atoms with Gasteiger partial charge in [-0.2, -0.15) is 13.2 Å². The van der Waals surface area contributed by atoms with Crippen molar-refractivity contribution in [3.8, 4) is 11.8 Å². The quantitative estimate of drug-likeness (QED) is 0.459. The lowest BCUT2D eigenvalue weighted by atomic mass is 10.1. The van der Waals surface area contributed by atoms with Crippen LogP contribution in [0.15, 0.2) is 0 Å². The van der Waals surface area contributed by atoms with Crippen molar-refractivity contribution in [1.29, 1.82) is 0 Å². The molecule has 0 saturated carbocycles. The maximum absolute atomic E-state index is 11.7. The van der Waals surface area contributed by atoms with E-state index in [1.165, 1.54) is 0 Å². The van der Waals surface area contributed by atoms with Gasteiger partial charge in [-0.25, -0.2) is 0 Å². The van der Waals surface area contributed by atoms with Crippen molar-refractivity contribution in [2.24, 2.45) is 0 Å². The second kappa shape index (κ2) is 6.82. The fourth-order valence-electron chi connectivity index (χ4n) is 0.981. The zero-order chi connectivity index (χ0) is 10.2. The third kappa shape index (κ3) is 11.3. The van der Waals surface area contributed by atoms with Gasteiger partial charge in [0, 0.05) is 19.8 Å². The molecule has 0 spiro atoms. The predicted molar refractivity (Wildman–Crippen MR) is 46.9 cm³/mol. The largest absolute Gasteiger partial charge is 0.389 e. The molecule has 0 aromatic carbocycles. The van der Waals surface area contributed by atoms with E-state index in [1.54, 1.807) is 0 Å². The predicted octanol–water partition coefficient (Wildman–Crippen LogP) is 3.73. The third-order valence-corrected chi connectivity index (χ3v) is 1.64. The van der Waals surface area contributed by atoms with Crippen LogP contribution < -0.4 is 0 Å². The minimum absolute atomic E-state index is 0.237. The van der Waals surface area contributed by atoms with E-state index in [-0.39, 0.29) is 6.42 Å². The zero-order valence-electron chi connectivity index (χ0n) is 7.58. The van der Waals surface area contributed by atoms with E-state index in [9.17, 15) is 13.2 Å². The molecule has 0 bridgehead atoms. The average Bonchev–Trinajstić information content (AvgIpc) is 2.01. The Bertz CT molecular complexity index is 171. The van der Waals surface area contributed by atoms with Crippen LogP contribution in [0.5, 0.6) is 0 Å². The Balaban J connectivity index is 3.12. The van der Waals surface area contributed by atoms with E-state index in [4.69, 9.17) is 0 Å². The van der Waals surface area contributed by atoms with Crippen molar-refractivity contribution >= 4 is 0 Å². The zero-order valence-corrected chi connectivity index (χ0v) is 7.58. The Morgan fingerprint density at radius 3 is 2.15 bits per heavy atom. The molecule has 0 aromatic rings. The van der Waals surface area contributed by atoms with Gasteiger partial charge in [-0.05, 0) is 12.8 Å². The molecule has 13 heavy (non-hydrogen) atoms. The first-order chi connectivity index (χ1) is 6.06. The van der Waals surface area contributed by atoms with Gasteiger partial charge in [-0.15, -0.1) is 11.8 Å². The maximum Gasteiger partial charge on any atom is 0.389 e. The minimum Gasteiger partial charge on any atom is -0.171 e. The molecule has 0 rings (SSSR count). The molecule has 0 amide bonds. The van der Waals surface area contributed by atoms with E-state index < -0.39 is 12.6 Å². The van der Waals surface area contributed by atoms with Crippen LogP contribution in [0.3, 0.4) is 0 Å². The highest BCUT2D eigenvalue weighted by atomic mass is 19.4. The molecular weight excluding hydrogens is 177 g/mol. The monoisotopic (exact) mass is 191 g/mol. The van der Waals surface area contributed by atoms with Crippen LogP contribution in [-0.2, 0) is 0 Å². The van der Waals surface area contributed by atoms with E-state index in [1.807, 2.05) is 0 Å². The van der Waals surface area contributed by atoms with Crippen LogP contribution in [0.1, 0.15) is 38.5 Å². The lowest BCUT2D eigenvalue weighted by Gasteiger charge is -2.04. The molecule has 1 radical (unpaired) electrons. The summed E-state index contributed by atoms with van der Waals surface area (Å²) in [5, 5.41) is 0. The molecule has 0 saturated heterocycles. The minimum atomic E-state index is -3.99. The van der Waals surface area contributed by atoms with E-state index in [0.29, 0.717) is 6.42 Å². The van der Waals surface area contributed by atoms with Crippen molar-refractivity contribution in [2.75, 3.05) is 0 Å². The number of unbranched alkanes of at least 4 members (excludes halogenated alkanes) is 4. The second-order valence-corrected chi connectivity index (χ2v) is 2.88. The number of rotatable bonds is 5. The van der Waals surface area contributed by atoms with Crippen molar-refractivity contribution in [3.05, 3.63) is 6.92 Å². The van der Waals surface area contributed by atoms with Gasteiger partial charge in [0.25, 0.3) is 0 Å². The summed E-state index contributed by atoms with van der Waals surface area (Å²) in [5.74, 6) is 5.27. The summed E-state index contributed by atoms with van der Waals surface area (Å²) >= 11 is 0. The summed E-state index contributed by atoms with van der Waals surface area (Å²) in [6.07, 6.45) is -1.33. The summed E-state index contributed by atoms with van der Waals surface area (Å²) < 4.78 is 35.0. The first-order valence-corrected chi connectivity index (χ1v) is 4.38. The first kappa shape index (κ1) is 12.3. The Morgan fingerprint density at radius 2 is 1.62 bits per heavy atom. The third-order valence-electron chi connectivity index (χ3n) is 1.64. The van der Waals surface area contributed by atoms with Crippen LogP contribution in [-0.4, -0.2) is 6.18 Å². The smallest absolute Gasteiger partial charge is 0.171 e. The molecule has 0 aliphatic heterocycles. The Kier molecular flexibility index (Phi) is 6.48. The van der Waals surface area contributed by atoms with Crippen molar-refractivity contribution in [3.63, 3.8) is 0 Å². The van der Waals surface area contributed by atoms with Gasteiger partial charge in [-0.3, -0.25) is 0 Å². The number of halogens is 3. The second-order valence-electron chi connectivity index (χ2n) is 2.88. The van der Waals surface area contributed by atoms with Gasteiger partial charge >= 0.3 is 6.18 Å². The molecule has 0 N–H and O–H groups in total. The SMILES string of the molecule is [CH2]C#CCCCCCCC(F)(F)F. The molecule has 0 aliphatic carbocycles. The summed E-state index contributed by atoms with van der Waals surface area (Å²) in [6.45, 7) is 3.34. The van der Waals surface area contributed by atoms with Crippen LogP contribution in [0.4, 0.5) is 13.2 Å². The van der Waals surface area contributed by atoms with Gasteiger partial charge in [0.05, 0.1) is 0 Å². The van der Waals surface area contributed by atoms with E-state index >= 15 is 0 Å². The number of hydrogen-bond donors (Lipinski definition) is 0. The van der Waals surface area contributed by atoms with Gasteiger partial charge in [0.1, 0.15) is 0 Å². The summed E-state index contributed by atoms with van der Waals surface area (Å²) in [7, 11) is 0. The molecule has 0 nitrogen and oxygen atoms in total. The molecular formula is C10H14F3. The average molecular weight is 191 g/mol. The molecule has 0 unspecified atom stereocenters. The van der Waals surface area contributed by atoms with Gasteiger partial charge in [0.15, 0.2) is 0 Å². The Hall–Kier alpha value is -0.650. The lowest BCUT2D eigenvalue weighted by molar-refractivity contribution is -0.135. The highest BCUT2D eigenvalue weighted by molar-refractivity contribution is 5.00. The van der Waals surface area contributed by atoms with Crippen LogP contribution in [0, 0.1) is 18.8 Å². The molecule has 0 heterocycles. The molecule has 3 heteroatoms. The molecule has 0 aromatic heterocycles. The Morgan fingerprint density at radius 1 is 1.00 bits per heavy atom. The Labute approximate surface area is 77.5 Å². The molecule has 0 fully saturated rings. The van der Waals surface area contributed by atoms with Crippen molar-refractivity contribution in [2.45, 2.75) is 44.7 Å². The van der Waals surface area contributed by atoms with Crippen LogP contribution in [0.2, 0.25) is 0 Å². The first-order valence-electron chi connectivity index (χ1n) is 4.38. The maximum atomic E-state index is 11.7. The van der Waals surface area contributed by atoms with E-state index in [0.717, 1.165) is 19.3 Å². The number of alkyl halides is 3. The number of hydrogen-bond acceptors (Lipinski definition) is 0. The van der Waals surface area contributed by atoms with Crippen molar-refractivity contribution < 1.29 is 13.2 Å². The van der Waals surface area contributed by atoms with Gasteiger partial charge in [-0.1, -0.05) is 12.8 Å². The van der Waals surface area contributed by atoms with Gasteiger partial charge < -0.3 is 0 Å². The lowest BCUT2D eigenvalue weighted by Crippen LogP contribution is -2.06.